The van der Waals surface area contributed by atoms with Gasteiger partial charge < -0.3 is 28.4 Å². The quantitative estimate of drug-likeness (QED) is 0.0400. The number of ether oxygens (including phenoxy) is 6. The van der Waals surface area contributed by atoms with Gasteiger partial charge in [0.15, 0.2) is 23.0 Å². The Labute approximate surface area is 333 Å². The van der Waals surface area contributed by atoms with E-state index in [4.69, 9.17) is 28.4 Å². The Balaban J connectivity index is 1.80. The van der Waals surface area contributed by atoms with Gasteiger partial charge in [-0.1, -0.05) is 105 Å². The minimum absolute atomic E-state index is 0.111. The molecule has 0 bridgehead atoms. The van der Waals surface area contributed by atoms with Crippen LogP contribution in [0.4, 0.5) is 0 Å². The van der Waals surface area contributed by atoms with Gasteiger partial charge >= 0.3 is 23.9 Å². The lowest BCUT2D eigenvalue weighted by atomic mass is 10.1. The predicted molar refractivity (Wildman–Crippen MR) is 217 cm³/mol. The van der Waals surface area contributed by atoms with Gasteiger partial charge in [-0.2, -0.15) is 0 Å². The van der Waals surface area contributed by atoms with Crippen LogP contribution in [0, 0.1) is 0 Å². The molecular weight excluding hydrogens is 712 g/mol. The topological polar surface area (TPSA) is 124 Å². The summed E-state index contributed by atoms with van der Waals surface area (Å²) in [6.45, 7) is 9.44. The van der Waals surface area contributed by atoms with Crippen LogP contribution in [0.1, 0.15) is 164 Å². The van der Waals surface area contributed by atoms with Crippen molar-refractivity contribution in [1.29, 1.82) is 0 Å². The molecule has 3 aromatic rings. The number of rotatable bonds is 28. The van der Waals surface area contributed by atoms with E-state index in [0.29, 0.717) is 37.6 Å². The van der Waals surface area contributed by atoms with Crippen LogP contribution in [-0.4, -0.2) is 37.1 Å². The van der Waals surface area contributed by atoms with Gasteiger partial charge in [0.1, 0.15) is 11.5 Å². The van der Waals surface area contributed by atoms with E-state index in [2.05, 4.69) is 13.8 Å². The van der Waals surface area contributed by atoms with E-state index in [-0.39, 0.29) is 47.0 Å². The molecular formula is C46H62O10. The van der Waals surface area contributed by atoms with Crippen LogP contribution in [0.15, 0.2) is 60.7 Å². The molecule has 0 aliphatic carbocycles. The fourth-order valence-electron chi connectivity index (χ4n) is 5.67. The number of hydrogen-bond donors (Lipinski definition) is 0. The molecule has 0 aliphatic heterocycles. The normalized spacial score (nSPS) is 10.8. The first-order chi connectivity index (χ1) is 27.3. The molecule has 0 fully saturated rings. The van der Waals surface area contributed by atoms with Crippen molar-refractivity contribution >= 4 is 23.9 Å². The Morgan fingerprint density at radius 1 is 0.393 bits per heavy atom. The van der Waals surface area contributed by atoms with Gasteiger partial charge in [-0.3, -0.25) is 9.59 Å². The maximum Gasteiger partial charge on any atom is 0.343 e. The first-order valence-electron chi connectivity index (χ1n) is 20.8. The molecule has 0 atom stereocenters. The van der Waals surface area contributed by atoms with E-state index in [1.807, 2.05) is 13.8 Å². The minimum Gasteiger partial charge on any atom is -0.494 e. The van der Waals surface area contributed by atoms with Gasteiger partial charge in [0.05, 0.1) is 24.3 Å². The molecule has 10 nitrogen and oxygen atoms in total. The number of esters is 4. The van der Waals surface area contributed by atoms with Crippen molar-refractivity contribution < 1.29 is 47.6 Å². The lowest BCUT2D eigenvalue weighted by molar-refractivity contribution is -0.135. The molecule has 0 unspecified atom stereocenters. The number of carbonyl (C=O) groups excluding carboxylic acids is 4. The van der Waals surface area contributed by atoms with Crippen LogP contribution in [0.2, 0.25) is 0 Å². The molecule has 0 saturated carbocycles. The highest BCUT2D eigenvalue weighted by Gasteiger charge is 2.24. The first kappa shape index (κ1) is 45.5. The molecule has 0 heterocycles. The van der Waals surface area contributed by atoms with Crippen LogP contribution in [0.3, 0.4) is 0 Å². The zero-order valence-corrected chi connectivity index (χ0v) is 34.0. The van der Waals surface area contributed by atoms with E-state index in [1.165, 1.54) is 63.5 Å². The maximum absolute atomic E-state index is 13.4. The van der Waals surface area contributed by atoms with Crippen LogP contribution in [0.25, 0.3) is 0 Å². The summed E-state index contributed by atoms with van der Waals surface area (Å²) < 4.78 is 34.5. The second-order valence-electron chi connectivity index (χ2n) is 14.0. The van der Waals surface area contributed by atoms with E-state index in [1.54, 1.807) is 48.5 Å². The lowest BCUT2D eigenvalue weighted by Crippen LogP contribution is -2.15. The third-order valence-corrected chi connectivity index (χ3v) is 9.05. The molecule has 0 aromatic heterocycles. The molecule has 0 spiro atoms. The Morgan fingerprint density at radius 2 is 0.714 bits per heavy atom. The highest BCUT2D eigenvalue weighted by atomic mass is 16.6. The predicted octanol–water partition coefficient (Wildman–Crippen LogP) is 11.8. The number of unbranched alkanes of at least 4 members (excludes halogenated alkanes) is 12. The standard InChI is InChI=1S/C46H62O10/c1-5-9-13-15-17-19-31-51-37-27-23-35(24-28-37)45(49)55-41-33-40(54-44(48)22-12-8-4)42(34-39(41)53-43(47)21-11-7-3)56-46(50)36-25-29-38(30-26-36)52-32-20-18-16-14-10-6-2/h23-30,33-34H,5-22,31-32H2,1-4H3. The molecule has 3 rings (SSSR count). The second-order valence-corrected chi connectivity index (χ2v) is 14.0. The highest BCUT2D eigenvalue weighted by Crippen LogP contribution is 2.41. The highest BCUT2D eigenvalue weighted by molar-refractivity contribution is 5.93. The number of hydrogen-bond acceptors (Lipinski definition) is 10. The number of benzene rings is 3. The van der Waals surface area contributed by atoms with Crippen molar-refractivity contribution in [2.24, 2.45) is 0 Å². The fourth-order valence-corrected chi connectivity index (χ4v) is 5.67. The van der Waals surface area contributed by atoms with Gasteiger partial charge in [-0.15, -0.1) is 0 Å². The Kier molecular flexibility index (Phi) is 21.8. The van der Waals surface area contributed by atoms with Crippen LogP contribution in [-0.2, 0) is 9.59 Å². The van der Waals surface area contributed by atoms with Gasteiger partial charge in [0.2, 0.25) is 0 Å². The van der Waals surface area contributed by atoms with E-state index in [9.17, 15) is 19.2 Å². The van der Waals surface area contributed by atoms with Gasteiger partial charge in [-0.05, 0) is 74.2 Å². The average Bonchev–Trinajstić information content (AvgIpc) is 3.20. The zero-order chi connectivity index (χ0) is 40.4. The lowest BCUT2D eigenvalue weighted by Gasteiger charge is -2.16. The van der Waals surface area contributed by atoms with Crippen molar-refractivity contribution in [1.82, 2.24) is 0 Å². The number of carbonyl (C=O) groups is 4. The third kappa shape index (κ3) is 17.3. The summed E-state index contributed by atoms with van der Waals surface area (Å²) in [5.41, 5.74) is 0.438. The van der Waals surface area contributed by atoms with Gasteiger partial charge in [0.25, 0.3) is 0 Å². The summed E-state index contributed by atoms with van der Waals surface area (Å²) in [5.74, 6) is -2.10. The third-order valence-electron chi connectivity index (χ3n) is 9.05. The largest absolute Gasteiger partial charge is 0.494 e. The monoisotopic (exact) mass is 774 g/mol. The van der Waals surface area contributed by atoms with Crippen LogP contribution in [0.5, 0.6) is 34.5 Å². The van der Waals surface area contributed by atoms with Gasteiger partial charge in [-0.25, -0.2) is 9.59 Å². The van der Waals surface area contributed by atoms with Crippen molar-refractivity contribution in [2.75, 3.05) is 13.2 Å². The smallest absolute Gasteiger partial charge is 0.343 e. The molecule has 0 amide bonds. The van der Waals surface area contributed by atoms with Crippen molar-refractivity contribution in [3.8, 4) is 34.5 Å². The molecule has 56 heavy (non-hydrogen) atoms. The van der Waals surface area contributed by atoms with Gasteiger partial charge in [0, 0.05) is 25.0 Å². The van der Waals surface area contributed by atoms with Crippen molar-refractivity contribution in [3.63, 3.8) is 0 Å². The summed E-state index contributed by atoms with van der Waals surface area (Å²) in [6.07, 6.45) is 16.7. The molecule has 10 heteroatoms. The summed E-state index contributed by atoms with van der Waals surface area (Å²) in [4.78, 5) is 52.5. The SMILES string of the molecule is CCCCCCCCOc1ccc(C(=O)Oc2cc(OC(=O)CCCC)c(OC(=O)c3ccc(OCCCCCCCC)cc3)cc2OC(=O)CCCC)cc1. The molecule has 0 aliphatic rings. The Hall–Kier alpha value is -4.86. The minimum atomic E-state index is -0.745. The molecule has 0 radical (unpaired) electrons. The summed E-state index contributed by atoms with van der Waals surface area (Å²) in [5, 5.41) is 0. The van der Waals surface area contributed by atoms with Crippen molar-refractivity contribution in [2.45, 2.75) is 143 Å². The van der Waals surface area contributed by atoms with Crippen molar-refractivity contribution in [3.05, 3.63) is 71.8 Å². The molecule has 0 N–H and O–H groups in total. The first-order valence-corrected chi connectivity index (χ1v) is 20.8. The summed E-state index contributed by atoms with van der Waals surface area (Å²) >= 11 is 0. The van der Waals surface area contributed by atoms with Crippen LogP contribution < -0.4 is 28.4 Å². The van der Waals surface area contributed by atoms with E-state index in [0.717, 1.165) is 38.5 Å². The summed E-state index contributed by atoms with van der Waals surface area (Å²) in [7, 11) is 0. The maximum atomic E-state index is 13.4. The molecule has 3 aromatic carbocycles. The zero-order valence-electron chi connectivity index (χ0n) is 34.0. The second kappa shape index (κ2) is 26.9. The Bertz CT molecular complexity index is 1490. The van der Waals surface area contributed by atoms with E-state index >= 15 is 0 Å². The fraction of sp³-hybridized carbons (Fsp3) is 0.522. The summed E-state index contributed by atoms with van der Waals surface area (Å²) in [6, 6.07) is 15.5. The Morgan fingerprint density at radius 3 is 1.07 bits per heavy atom. The van der Waals surface area contributed by atoms with Crippen LogP contribution >= 0.6 is 0 Å². The molecule has 0 saturated heterocycles. The molecule has 306 valence electrons. The van der Waals surface area contributed by atoms with E-state index < -0.39 is 23.9 Å². The average molecular weight is 775 g/mol.